The second-order valence-electron chi connectivity index (χ2n) is 2.32. The van der Waals surface area contributed by atoms with E-state index in [4.69, 9.17) is 0 Å². The van der Waals surface area contributed by atoms with Crippen molar-refractivity contribution in [3.8, 4) is 0 Å². The molecule has 3 heteroatoms. The first-order chi connectivity index (χ1) is 4.83. The fraction of sp³-hybridized carbons (Fsp3) is 0.571. The molecule has 3 nitrogen and oxygen atoms in total. The number of hydrogen-bond acceptors (Lipinski definition) is 3. The third kappa shape index (κ3) is 1.76. The van der Waals surface area contributed by atoms with Gasteiger partial charge < -0.3 is 10.6 Å². The van der Waals surface area contributed by atoms with Gasteiger partial charge in [0.2, 0.25) is 0 Å². The smallest absolute Gasteiger partial charge is 0.136 e. The maximum Gasteiger partial charge on any atom is 0.136 e. The summed E-state index contributed by atoms with van der Waals surface area (Å²) in [7, 11) is 0. The Morgan fingerprint density at radius 3 is 2.60 bits per heavy atom. The number of Topliss-reactive ketones (excluding diaryl/α,β-unsaturated/α-hetero) is 1. The lowest BCUT2D eigenvalue weighted by atomic mass is 10.2. The van der Waals surface area contributed by atoms with Gasteiger partial charge in [-0.2, -0.15) is 0 Å². The Morgan fingerprint density at radius 1 is 1.50 bits per heavy atom. The summed E-state index contributed by atoms with van der Waals surface area (Å²) in [5.41, 5.74) is 0. The molecule has 1 aliphatic heterocycles. The van der Waals surface area contributed by atoms with Crippen molar-refractivity contribution in [2.24, 2.45) is 0 Å². The van der Waals surface area contributed by atoms with Gasteiger partial charge in [-0.05, 0) is 0 Å². The highest BCUT2D eigenvalue weighted by atomic mass is 16.1. The molecule has 0 amide bonds. The van der Waals surface area contributed by atoms with Crippen LogP contribution in [0.2, 0.25) is 0 Å². The van der Waals surface area contributed by atoms with Crippen LogP contribution in [0, 0.1) is 0 Å². The maximum atomic E-state index is 10.9. The van der Waals surface area contributed by atoms with Crippen LogP contribution in [0.3, 0.4) is 0 Å². The molecule has 0 saturated carbocycles. The van der Waals surface area contributed by atoms with Gasteiger partial charge in [-0.3, -0.25) is 4.79 Å². The van der Waals surface area contributed by atoms with Crippen LogP contribution < -0.4 is 10.6 Å². The largest absolute Gasteiger partial charge is 0.370 e. The Morgan fingerprint density at radius 2 is 2.10 bits per heavy atom. The molecule has 0 fully saturated rings. The predicted molar refractivity (Wildman–Crippen MR) is 39.1 cm³/mol. The predicted octanol–water partition coefficient (Wildman–Crippen LogP) is 0.346. The normalized spacial score (nSPS) is 16.5. The highest BCUT2D eigenvalue weighted by molar-refractivity contribution is 5.78. The van der Waals surface area contributed by atoms with E-state index in [-0.39, 0.29) is 11.9 Å². The van der Waals surface area contributed by atoms with Gasteiger partial charge >= 0.3 is 0 Å². The topological polar surface area (TPSA) is 41.1 Å². The van der Waals surface area contributed by atoms with Gasteiger partial charge in [-0.25, -0.2) is 0 Å². The van der Waals surface area contributed by atoms with Gasteiger partial charge in [0.05, 0.1) is 0 Å². The molecule has 0 spiro atoms. The van der Waals surface area contributed by atoms with Crippen molar-refractivity contribution < 1.29 is 4.79 Å². The number of hydrogen-bond donors (Lipinski definition) is 2. The standard InChI is InChI=1S/C7H12N2O/c1-2-6(10)5-7-8-3-4-9-7/h3-4,7-9H,2,5H2,1H3. The van der Waals surface area contributed by atoms with E-state index in [2.05, 4.69) is 10.6 Å². The molecule has 1 heterocycles. The third-order valence-electron chi connectivity index (χ3n) is 1.50. The van der Waals surface area contributed by atoms with Crippen LogP contribution in [0.5, 0.6) is 0 Å². The van der Waals surface area contributed by atoms with Crippen molar-refractivity contribution in [1.82, 2.24) is 10.6 Å². The lowest BCUT2D eigenvalue weighted by molar-refractivity contribution is -0.119. The van der Waals surface area contributed by atoms with E-state index < -0.39 is 0 Å². The molecule has 0 aliphatic carbocycles. The zero-order valence-electron chi connectivity index (χ0n) is 6.05. The maximum absolute atomic E-state index is 10.9. The van der Waals surface area contributed by atoms with Gasteiger partial charge in [-0.15, -0.1) is 0 Å². The molecule has 0 aromatic rings. The summed E-state index contributed by atoms with van der Waals surface area (Å²) < 4.78 is 0. The van der Waals surface area contributed by atoms with Crippen LogP contribution in [0.25, 0.3) is 0 Å². The van der Waals surface area contributed by atoms with E-state index >= 15 is 0 Å². The molecular weight excluding hydrogens is 128 g/mol. The highest BCUT2D eigenvalue weighted by Gasteiger charge is 2.10. The quantitative estimate of drug-likeness (QED) is 0.594. The van der Waals surface area contributed by atoms with Crippen molar-refractivity contribution in [2.45, 2.75) is 25.9 Å². The first kappa shape index (κ1) is 7.12. The molecule has 0 aromatic heterocycles. The summed E-state index contributed by atoms with van der Waals surface area (Å²) in [6.45, 7) is 1.88. The monoisotopic (exact) mass is 140 g/mol. The summed E-state index contributed by atoms with van der Waals surface area (Å²) in [4.78, 5) is 10.9. The minimum atomic E-state index is 0.132. The van der Waals surface area contributed by atoms with Crippen molar-refractivity contribution in [3.05, 3.63) is 12.4 Å². The molecule has 0 unspecified atom stereocenters. The Bertz CT molecular complexity index is 146. The number of ketones is 1. The molecule has 0 atom stereocenters. The summed E-state index contributed by atoms with van der Waals surface area (Å²) in [5.74, 6) is 0.286. The van der Waals surface area contributed by atoms with Gasteiger partial charge in [-0.1, -0.05) is 6.92 Å². The Hall–Kier alpha value is -0.990. The van der Waals surface area contributed by atoms with Gasteiger partial charge in [0.25, 0.3) is 0 Å². The second-order valence-corrected chi connectivity index (χ2v) is 2.32. The zero-order valence-corrected chi connectivity index (χ0v) is 6.05. The zero-order chi connectivity index (χ0) is 7.40. The van der Waals surface area contributed by atoms with Crippen LogP contribution >= 0.6 is 0 Å². The molecule has 1 rings (SSSR count). The number of nitrogens with one attached hydrogen (secondary N) is 2. The molecule has 2 N–H and O–H groups in total. The molecule has 1 aliphatic rings. The van der Waals surface area contributed by atoms with Crippen molar-refractivity contribution in [3.63, 3.8) is 0 Å². The number of carbonyl (C=O) groups excluding carboxylic acids is 1. The van der Waals surface area contributed by atoms with E-state index in [1.807, 2.05) is 19.3 Å². The second kappa shape index (κ2) is 3.25. The average Bonchev–Trinajstić information content (AvgIpc) is 2.40. The van der Waals surface area contributed by atoms with E-state index in [1.165, 1.54) is 0 Å². The molecule has 0 radical (unpaired) electrons. The van der Waals surface area contributed by atoms with Crippen LogP contribution in [0.4, 0.5) is 0 Å². The minimum Gasteiger partial charge on any atom is -0.370 e. The lowest BCUT2D eigenvalue weighted by Gasteiger charge is -2.09. The van der Waals surface area contributed by atoms with Crippen LogP contribution in [-0.2, 0) is 4.79 Å². The Balaban J connectivity index is 2.19. The van der Waals surface area contributed by atoms with E-state index in [9.17, 15) is 4.79 Å². The Kier molecular flexibility index (Phi) is 2.31. The van der Waals surface area contributed by atoms with Crippen molar-refractivity contribution >= 4 is 5.78 Å². The van der Waals surface area contributed by atoms with Crippen molar-refractivity contribution in [1.29, 1.82) is 0 Å². The molecular formula is C7H12N2O. The summed E-state index contributed by atoms with van der Waals surface area (Å²) in [6, 6.07) is 0. The number of carbonyl (C=O) groups is 1. The fourth-order valence-corrected chi connectivity index (χ4v) is 0.867. The molecule has 0 aromatic carbocycles. The SMILES string of the molecule is CCC(=O)CC1NC=CN1. The first-order valence-corrected chi connectivity index (χ1v) is 3.51. The molecule has 56 valence electrons. The van der Waals surface area contributed by atoms with E-state index in [1.54, 1.807) is 0 Å². The fourth-order valence-electron chi connectivity index (χ4n) is 0.867. The average molecular weight is 140 g/mol. The summed E-state index contributed by atoms with van der Waals surface area (Å²) in [6.07, 6.45) is 4.96. The lowest BCUT2D eigenvalue weighted by Crippen LogP contribution is -2.32. The minimum absolute atomic E-state index is 0.132. The summed E-state index contributed by atoms with van der Waals surface area (Å²) in [5, 5.41) is 6.02. The van der Waals surface area contributed by atoms with Gasteiger partial charge in [0, 0.05) is 25.2 Å². The first-order valence-electron chi connectivity index (χ1n) is 3.51. The van der Waals surface area contributed by atoms with Crippen LogP contribution in [0.15, 0.2) is 12.4 Å². The van der Waals surface area contributed by atoms with Gasteiger partial charge in [0.1, 0.15) is 11.9 Å². The highest BCUT2D eigenvalue weighted by Crippen LogP contribution is 1.96. The molecule has 10 heavy (non-hydrogen) atoms. The summed E-state index contributed by atoms with van der Waals surface area (Å²) >= 11 is 0. The van der Waals surface area contributed by atoms with Gasteiger partial charge in [0.15, 0.2) is 0 Å². The van der Waals surface area contributed by atoms with E-state index in [0.717, 1.165) is 0 Å². The molecule has 0 saturated heterocycles. The molecule has 0 bridgehead atoms. The van der Waals surface area contributed by atoms with E-state index in [0.29, 0.717) is 12.8 Å². The Labute approximate surface area is 60.5 Å². The van der Waals surface area contributed by atoms with Crippen molar-refractivity contribution in [2.75, 3.05) is 0 Å². The van der Waals surface area contributed by atoms with Crippen LogP contribution in [-0.4, -0.2) is 11.9 Å². The number of rotatable bonds is 3. The van der Waals surface area contributed by atoms with Crippen LogP contribution in [0.1, 0.15) is 19.8 Å². The third-order valence-corrected chi connectivity index (χ3v) is 1.50.